The van der Waals surface area contributed by atoms with Crippen molar-refractivity contribution < 1.29 is 8.83 Å². The predicted molar refractivity (Wildman–Crippen MR) is 77.9 cm³/mol. The number of hydrogen-bond donors (Lipinski definition) is 0. The monoisotopic (exact) mass is 339 g/mol. The van der Waals surface area contributed by atoms with Crippen LogP contribution in [0, 0.1) is 11.8 Å². The molecular formula is C14H18BrN3O2. The minimum atomic E-state index is 0.434. The van der Waals surface area contributed by atoms with E-state index in [9.17, 15) is 0 Å². The van der Waals surface area contributed by atoms with E-state index < -0.39 is 0 Å². The quantitative estimate of drug-likeness (QED) is 0.855. The molecule has 1 aliphatic rings. The van der Waals surface area contributed by atoms with Gasteiger partial charge in [-0.1, -0.05) is 13.8 Å². The molecule has 0 spiro atoms. The summed E-state index contributed by atoms with van der Waals surface area (Å²) in [7, 11) is 0. The first-order valence-electron chi connectivity index (χ1n) is 6.90. The molecule has 0 saturated carbocycles. The van der Waals surface area contributed by atoms with Gasteiger partial charge in [0.2, 0.25) is 5.89 Å². The molecule has 0 radical (unpaired) electrons. The zero-order valence-electron chi connectivity index (χ0n) is 11.7. The third-order valence-corrected chi connectivity index (χ3v) is 3.98. The lowest BCUT2D eigenvalue weighted by Gasteiger charge is -2.33. The number of rotatable bonds is 3. The first-order chi connectivity index (χ1) is 9.60. The largest absolute Gasteiger partial charge is 0.444 e. The molecule has 1 fully saturated rings. The standard InChI is InChI=1S/C14H18BrN3O2/c1-9-5-10(2)7-18(6-9)8-13-16-17-14(20-13)11-3-4-12(15)19-11/h3-4,9-10H,5-8H2,1-2H3/t9-,10+. The van der Waals surface area contributed by atoms with Crippen LogP contribution in [0.1, 0.15) is 26.2 Å². The lowest BCUT2D eigenvalue weighted by molar-refractivity contribution is 0.124. The maximum atomic E-state index is 5.68. The molecule has 108 valence electrons. The highest BCUT2D eigenvalue weighted by Gasteiger charge is 2.23. The van der Waals surface area contributed by atoms with Crippen molar-refractivity contribution in [3.8, 4) is 11.7 Å². The van der Waals surface area contributed by atoms with Crippen LogP contribution in [0.4, 0.5) is 0 Å². The van der Waals surface area contributed by atoms with Crippen molar-refractivity contribution in [3.63, 3.8) is 0 Å². The molecule has 0 aromatic carbocycles. The van der Waals surface area contributed by atoms with Gasteiger partial charge in [-0.15, -0.1) is 10.2 Å². The first kappa shape index (κ1) is 13.8. The zero-order valence-corrected chi connectivity index (χ0v) is 13.3. The van der Waals surface area contributed by atoms with Crippen molar-refractivity contribution in [1.82, 2.24) is 15.1 Å². The van der Waals surface area contributed by atoms with Gasteiger partial charge < -0.3 is 8.83 Å². The topological polar surface area (TPSA) is 55.3 Å². The molecule has 0 N–H and O–H groups in total. The zero-order chi connectivity index (χ0) is 14.1. The Morgan fingerprint density at radius 2 is 1.95 bits per heavy atom. The first-order valence-corrected chi connectivity index (χ1v) is 7.70. The summed E-state index contributed by atoms with van der Waals surface area (Å²) in [5.41, 5.74) is 0. The summed E-state index contributed by atoms with van der Waals surface area (Å²) >= 11 is 3.26. The number of halogens is 1. The van der Waals surface area contributed by atoms with Crippen molar-refractivity contribution in [3.05, 3.63) is 22.7 Å². The molecule has 2 atom stereocenters. The Morgan fingerprint density at radius 3 is 2.60 bits per heavy atom. The average Bonchev–Trinajstić information content (AvgIpc) is 2.96. The highest BCUT2D eigenvalue weighted by molar-refractivity contribution is 9.10. The molecule has 1 aliphatic heterocycles. The van der Waals surface area contributed by atoms with E-state index in [0.717, 1.165) is 24.9 Å². The Morgan fingerprint density at radius 1 is 1.20 bits per heavy atom. The van der Waals surface area contributed by atoms with E-state index in [1.54, 1.807) is 0 Å². The molecule has 20 heavy (non-hydrogen) atoms. The summed E-state index contributed by atoms with van der Waals surface area (Å²) in [6.45, 7) is 7.48. The molecule has 5 nitrogen and oxygen atoms in total. The summed E-state index contributed by atoms with van der Waals surface area (Å²) in [5.74, 6) is 3.12. The van der Waals surface area contributed by atoms with Crippen molar-refractivity contribution in [2.24, 2.45) is 11.8 Å². The van der Waals surface area contributed by atoms with Crippen LogP contribution in [0.2, 0.25) is 0 Å². The molecule has 0 aliphatic carbocycles. The van der Waals surface area contributed by atoms with Gasteiger partial charge in [0.1, 0.15) is 0 Å². The molecule has 0 unspecified atom stereocenters. The Labute approximate surface area is 126 Å². The average molecular weight is 340 g/mol. The lowest BCUT2D eigenvalue weighted by atomic mass is 9.92. The molecule has 0 amide bonds. The van der Waals surface area contributed by atoms with Crippen LogP contribution in [0.25, 0.3) is 11.7 Å². The number of furan rings is 1. The molecule has 2 aromatic rings. The number of likely N-dealkylation sites (tertiary alicyclic amines) is 1. The molecule has 0 bridgehead atoms. The van der Waals surface area contributed by atoms with E-state index in [4.69, 9.17) is 8.83 Å². The molecule has 3 rings (SSSR count). The molecule has 2 aromatic heterocycles. The highest BCUT2D eigenvalue weighted by Crippen LogP contribution is 2.25. The fourth-order valence-corrected chi connectivity index (χ4v) is 3.27. The van der Waals surface area contributed by atoms with Gasteiger partial charge in [-0.05, 0) is 46.3 Å². The Balaban J connectivity index is 1.68. The van der Waals surface area contributed by atoms with E-state index in [0.29, 0.717) is 28.8 Å². The van der Waals surface area contributed by atoms with Crippen LogP contribution in [0.5, 0.6) is 0 Å². The number of aromatic nitrogens is 2. The summed E-state index contributed by atoms with van der Waals surface area (Å²) in [4.78, 5) is 2.38. The molecule has 6 heteroatoms. The number of nitrogens with zero attached hydrogens (tertiary/aromatic N) is 3. The van der Waals surface area contributed by atoms with Crippen LogP contribution in [0.3, 0.4) is 0 Å². The summed E-state index contributed by atoms with van der Waals surface area (Å²) in [6, 6.07) is 3.62. The fraction of sp³-hybridized carbons (Fsp3) is 0.571. The van der Waals surface area contributed by atoms with Gasteiger partial charge in [-0.25, -0.2) is 0 Å². The predicted octanol–water partition coefficient (Wildman–Crippen LogP) is 3.57. The number of piperidine rings is 1. The molecule has 1 saturated heterocycles. The van der Waals surface area contributed by atoms with Gasteiger partial charge in [0.25, 0.3) is 5.89 Å². The lowest BCUT2D eigenvalue weighted by Crippen LogP contribution is -2.38. The molecular weight excluding hydrogens is 322 g/mol. The smallest absolute Gasteiger partial charge is 0.283 e. The van der Waals surface area contributed by atoms with Gasteiger partial charge in [0.15, 0.2) is 10.4 Å². The second-order valence-corrected chi connectivity index (χ2v) is 6.53. The van der Waals surface area contributed by atoms with Gasteiger partial charge in [0.05, 0.1) is 6.54 Å². The van der Waals surface area contributed by atoms with Crippen LogP contribution in [-0.2, 0) is 6.54 Å². The minimum absolute atomic E-state index is 0.434. The van der Waals surface area contributed by atoms with E-state index >= 15 is 0 Å². The Bertz CT molecular complexity index is 570. The van der Waals surface area contributed by atoms with Gasteiger partial charge in [-0.3, -0.25) is 4.90 Å². The summed E-state index contributed by atoms with van der Waals surface area (Å²) < 4.78 is 11.7. The third kappa shape index (κ3) is 3.12. The van der Waals surface area contributed by atoms with Crippen LogP contribution in [-0.4, -0.2) is 28.2 Å². The highest BCUT2D eigenvalue weighted by atomic mass is 79.9. The maximum absolute atomic E-state index is 5.68. The van der Waals surface area contributed by atoms with Crippen LogP contribution >= 0.6 is 15.9 Å². The summed E-state index contributed by atoms with van der Waals surface area (Å²) in [6.07, 6.45) is 1.30. The SMILES string of the molecule is C[C@@H]1C[C@H](C)CN(Cc2nnc(-c3ccc(Br)o3)o2)C1. The van der Waals surface area contributed by atoms with E-state index in [1.807, 2.05) is 12.1 Å². The third-order valence-electron chi connectivity index (χ3n) is 3.55. The van der Waals surface area contributed by atoms with Crippen LogP contribution < -0.4 is 0 Å². The normalized spacial score (nSPS) is 24.1. The van der Waals surface area contributed by atoms with Crippen LogP contribution in [0.15, 0.2) is 25.6 Å². The minimum Gasteiger partial charge on any atom is -0.444 e. The Kier molecular flexibility index (Phi) is 3.94. The Hall–Kier alpha value is -1.14. The van der Waals surface area contributed by atoms with Crippen molar-refractivity contribution in [2.45, 2.75) is 26.8 Å². The van der Waals surface area contributed by atoms with Crippen molar-refractivity contribution in [2.75, 3.05) is 13.1 Å². The summed E-state index contributed by atoms with van der Waals surface area (Å²) in [5, 5.41) is 8.16. The van der Waals surface area contributed by atoms with Gasteiger partial charge >= 0.3 is 0 Å². The van der Waals surface area contributed by atoms with E-state index in [-0.39, 0.29) is 0 Å². The second kappa shape index (κ2) is 5.69. The van der Waals surface area contributed by atoms with E-state index in [1.165, 1.54) is 6.42 Å². The maximum Gasteiger partial charge on any atom is 0.283 e. The van der Waals surface area contributed by atoms with Crippen molar-refractivity contribution >= 4 is 15.9 Å². The second-order valence-electron chi connectivity index (χ2n) is 5.74. The number of hydrogen-bond acceptors (Lipinski definition) is 5. The fourth-order valence-electron chi connectivity index (χ4n) is 2.96. The molecule has 3 heterocycles. The van der Waals surface area contributed by atoms with Gasteiger partial charge in [0, 0.05) is 13.1 Å². The van der Waals surface area contributed by atoms with E-state index in [2.05, 4.69) is 44.9 Å². The van der Waals surface area contributed by atoms with Crippen molar-refractivity contribution in [1.29, 1.82) is 0 Å². The van der Waals surface area contributed by atoms with Gasteiger partial charge in [-0.2, -0.15) is 0 Å².